The van der Waals surface area contributed by atoms with Crippen molar-refractivity contribution >= 4 is 16.1 Å². The summed E-state index contributed by atoms with van der Waals surface area (Å²) in [6, 6.07) is 12.0. The molecule has 0 bridgehead atoms. The molecule has 0 aromatic heterocycles. The molecule has 10 heteroatoms. The standard InChI is InChI=1S/C28H38N2O7S/c1-19(2)16-30(38(33,34)22-11-9-20(3)10-12-22)17-25(31)24(15-21-7-5-4-6-8-21)29-28(32)37-26-18-36-27-23(26)13-14-35-27/h4-12,19,23-27,31H,13-18H2,1-3H3,(H,29,32)/t23-,24-,25+,26-,27+/m0/s1/i1D3,2D3,18D2,19D,23D,26D. The van der Waals surface area contributed by atoms with E-state index < -0.39 is 85.8 Å². The fraction of sp³-hybridized carbons (Fsp3) is 0.536. The van der Waals surface area contributed by atoms with E-state index >= 15 is 0 Å². The topological polar surface area (TPSA) is 114 Å². The Balaban J connectivity index is 1.71. The van der Waals surface area contributed by atoms with E-state index in [0.717, 1.165) is 0 Å². The van der Waals surface area contributed by atoms with Gasteiger partial charge in [-0.05, 0) is 43.4 Å². The van der Waals surface area contributed by atoms with E-state index in [9.17, 15) is 18.3 Å². The highest BCUT2D eigenvalue weighted by Gasteiger charge is 2.44. The minimum atomic E-state index is -4.79. The lowest BCUT2D eigenvalue weighted by atomic mass is 10.0. The van der Waals surface area contributed by atoms with Gasteiger partial charge in [-0.1, -0.05) is 61.7 Å². The fourth-order valence-electron chi connectivity index (χ4n) is 4.12. The van der Waals surface area contributed by atoms with Crippen LogP contribution < -0.4 is 5.32 Å². The second kappa shape index (κ2) is 12.6. The van der Waals surface area contributed by atoms with Crippen molar-refractivity contribution in [2.24, 2.45) is 11.8 Å². The summed E-state index contributed by atoms with van der Waals surface area (Å²) in [6.07, 6.45) is -8.30. The molecule has 5 atom stereocenters. The number of aliphatic hydroxyl groups is 1. The smallest absolute Gasteiger partial charge is 0.407 e. The first-order chi connectivity index (χ1) is 22.4. The number of nitrogens with zero attached hydrogens (tertiary/aromatic N) is 1. The molecule has 208 valence electrons. The Morgan fingerprint density at radius 2 is 1.97 bits per heavy atom. The molecule has 9 nitrogen and oxygen atoms in total. The Kier molecular flexibility index (Phi) is 5.70. The van der Waals surface area contributed by atoms with E-state index in [2.05, 4.69) is 5.32 Å². The van der Waals surface area contributed by atoms with Crippen LogP contribution in [0, 0.1) is 18.7 Å². The average molecular weight is 558 g/mol. The zero-order valence-corrected chi connectivity index (χ0v) is 21.5. The van der Waals surface area contributed by atoms with Crippen LogP contribution in [-0.4, -0.2) is 74.7 Å². The van der Waals surface area contributed by atoms with E-state index in [1.807, 2.05) is 0 Å². The highest BCUT2D eigenvalue weighted by Crippen LogP contribution is 2.33. The summed E-state index contributed by atoms with van der Waals surface area (Å²) < 4.78 is 133. The lowest BCUT2D eigenvalue weighted by Crippen LogP contribution is -2.51. The monoisotopic (exact) mass is 557 g/mol. The third-order valence-electron chi connectivity index (χ3n) is 6.12. The predicted octanol–water partition coefficient (Wildman–Crippen LogP) is 3.10. The van der Waals surface area contributed by atoms with Crippen molar-refractivity contribution in [2.75, 3.05) is 26.3 Å². The van der Waals surface area contributed by atoms with Gasteiger partial charge >= 0.3 is 6.09 Å². The van der Waals surface area contributed by atoms with Crippen molar-refractivity contribution in [2.45, 2.75) is 62.9 Å². The Morgan fingerprint density at radius 3 is 2.68 bits per heavy atom. The van der Waals surface area contributed by atoms with Crippen LogP contribution in [0.2, 0.25) is 0 Å². The van der Waals surface area contributed by atoms with Crippen LogP contribution >= 0.6 is 0 Å². The number of carbonyl (C=O) groups is 1. The van der Waals surface area contributed by atoms with Crippen molar-refractivity contribution in [1.29, 1.82) is 0 Å². The van der Waals surface area contributed by atoms with E-state index in [-0.39, 0.29) is 24.3 Å². The Bertz CT molecular complexity index is 1580. The van der Waals surface area contributed by atoms with Crippen molar-refractivity contribution in [3.8, 4) is 0 Å². The van der Waals surface area contributed by atoms with Crippen LogP contribution in [0.5, 0.6) is 0 Å². The maximum Gasteiger partial charge on any atom is 0.407 e. The molecule has 4 rings (SSSR count). The molecule has 2 N–H and O–H groups in total. The molecule has 2 aliphatic rings. The number of hydrogen-bond donors (Lipinski definition) is 2. The van der Waals surface area contributed by atoms with Gasteiger partial charge in [-0.25, -0.2) is 13.2 Å². The van der Waals surface area contributed by atoms with Crippen LogP contribution in [0.4, 0.5) is 4.79 Å². The number of rotatable bonds is 11. The van der Waals surface area contributed by atoms with Gasteiger partial charge in [0.2, 0.25) is 10.0 Å². The molecule has 0 saturated carbocycles. The van der Waals surface area contributed by atoms with E-state index in [1.165, 1.54) is 24.3 Å². The van der Waals surface area contributed by atoms with Gasteiger partial charge in [0.15, 0.2) is 6.29 Å². The number of ether oxygens (including phenoxy) is 3. The maximum absolute atomic E-state index is 13.9. The molecular formula is C28H38N2O7S. The van der Waals surface area contributed by atoms with Gasteiger partial charge in [0.25, 0.3) is 0 Å². The largest absolute Gasteiger partial charge is 0.443 e. The first-order valence-electron chi connectivity index (χ1n) is 17.5. The zero-order chi connectivity index (χ0) is 36.8. The van der Waals surface area contributed by atoms with Crippen molar-refractivity contribution in [3.05, 3.63) is 65.7 Å². The third-order valence-corrected chi connectivity index (χ3v) is 7.95. The number of benzene rings is 2. The van der Waals surface area contributed by atoms with E-state index in [0.29, 0.717) is 15.4 Å². The molecule has 38 heavy (non-hydrogen) atoms. The average Bonchev–Trinajstić information content (AvgIpc) is 3.41. The zero-order valence-electron chi connectivity index (χ0n) is 31.7. The summed E-state index contributed by atoms with van der Waals surface area (Å²) in [5, 5.41) is 13.9. The number of aryl methyl sites for hydroxylation is 1. The normalized spacial score (nSPS) is 33.2. The first kappa shape index (κ1) is 17.2. The second-order valence-electron chi connectivity index (χ2n) is 9.01. The molecule has 0 radical (unpaired) electrons. The summed E-state index contributed by atoms with van der Waals surface area (Å²) in [5.41, 5.74) is 1.17. The summed E-state index contributed by atoms with van der Waals surface area (Å²) in [5.74, 6) is -5.52. The number of alkyl carbamates (subject to hydrolysis) is 1. The Labute approximate surface area is 240 Å². The number of hydrogen-bond acceptors (Lipinski definition) is 7. The first-order valence-corrected chi connectivity index (χ1v) is 13.4. The molecule has 2 aromatic carbocycles. The van der Waals surface area contributed by atoms with Crippen LogP contribution in [0.1, 0.15) is 46.3 Å². The van der Waals surface area contributed by atoms with Gasteiger partial charge in [-0.15, -0.1) is 0 Å². The van der Waals surface area contributed by atoms with Gasteiger partial charge in [-0.3, -0.25) is 0 Å². The predicted molar refractivity (Wildman–Crippen MR) is 142 cm³/mol. The third kappa shape index (κ3) is 7.12. The molecule has 1 amide bonds. The SMILES string of the molecule is [2H]C([2H])([2H])C([2H])(CN(C[C@@H](O)[C@H](Cc1ccccc1)NC(=O)O[C@@]1([2H])C([2H])([2H])O[C@H]2OCC[C@]21[2H])S(=O)(=O)c1ccc(C)cc1)C([2H])([2H])[2H]. The molecule has 2 aromatic rings. The molecule has 2 aliphatic heterocycles. The number of aliphatic hydroxyl groups excluding tert-OH is 1. The molecule has 0 aliphatic carbocycles. The van der Waals surface area contributed by atoms with Gasteiger partial charge < -0.3 is 24.6 Å². The lowest BCUT2D eigenvalue weighted by molar-refractivity contribution is -0.0907. The Hall–Kier alpha value is -2.50. The number of nitrogens with one attached hydrogen (secondary N) is 1. The summed E-state index contributed by atoms with van der Waals surface area (Å²) in [4.78, 5) is 12.9. The van der Waals surface area contributed by atoms with Crippen LogP contribution in [-0.2, 0) is 30.7 Å². The van der Waals surface area contributed by atoms with E-state index in [4.69, 9.17) is 29.3 Å². The molecule has 2 saturated heterocycles. The minimum Gasteiger partial charge on any atom is -0.443 e. The number of amides is 1. The molecular weight excluding hydrogens is 508 g/mol. The molecule has 2 fully saturated rings. The summed E-state index contributed by atoms with van der Waals surface area (Å²) >= 11 is 0. The van der Waals surface area contributed by atoms with E-state index in [1.54, 1.807) is 37.3 Å². The minimum absolute atomic E-state index is 0.0690. The van der Waals surface area contributed by atoms with Crippen LogP contribution in [0.25, 0.3) is 0 Å². The summed E-state index contributed by atoms with van der Waals surface area (Å²) in [6.45, 7) is -10.8. The highest BCUT2D eigenvalue weighted by atomic mass is 32.2. The van der Waals surface area contributed by atoms with Gasteiger partial charge in [0.05, 0.1) is 40.2 Å². The molecule has 2 heterocycles. The molecule has 0 unspecified atom stereocenters. The lowest BCUT2D eigenvalue weighted by Gasteiger charge is -2.31. The quantitative estimate of drug-likeness (QED) is 0.436. The maximum atomic E-state index is 13.9. The highest BCUT2D eigenvalue weighted by molar-refractivity contribution is 7.89. The number of carbonyl (C=O) groups excluding carboxylic acids is 1. The van der Waals surface area contributed by atoms with Gasteiger partial charge in [0, 0.05) is 24.1 Å². The molecule has 0 spiro atoms. The van der Waals surface area contributed by atoms with Crippen molar-refractivity contribution in [3.63, 3.8) is 0 Å². The van der Waals surface area contributed by atoms with Crippen molar-refractivity contribution in [1.82, 2.24) is 9.62 Å². The second-order valence-corrected chi connectivity index (χ2v) is 11.0. The van der Waals surface area contributed by atoms with Crippen LogP contribution in [0.15, 0.2) is 59.5 Å². The van der Waals surface area contributed by atoms with Crippen molar-refractivity contribution < 1.29 is 47.6 Å². The Morgan fingerprint density at radius 1 is 1.24 bits per heavy atom. The van der Waals surface area contributed by atoms with Gasteiger partial charge in [-0.2, -0.15) is 4.31 Å². The van der Waals surface area contributed by atoms with Gasteiger partial charge in [0.1, 0.15) is 6.08 Å². The number of sulfonamides is 1. The summed E-state index contributed by atoms with van der Waals surface area (Å²) in [7, 11) is -4.79. The van der Waals surface area contributed by atoms with Crippen LogP contribution in [0.3, 0.4) is 0 Å². The fourth-order valence-corrected chi connectivity index (χ4v) is 5.55. The number of fused-ring (bicyclic) bond motifs is 1.